The van der Waals surface area contributed by atoms with Crippen LogP contribution in [-0.4, -0.2) is 29.5 Å². The number of amides is 2. The number of aliphatic hydroxyl groups excluding tert-OH is 1. The summed E-state index contributed by atoms with van der Waals surface area (Å²) in [7, 11) is 0. The zero-order chi connectivity index (χ0) is 17.8. The molecule has 6 nitrogen and oxygen atoms in total. The molecule has 0 saturated carbocycles. The van der Waals surface area contributed by atoms with E-state index in [-0.39, 0.29) is 24.3 Å². The fraction of sp³-hybridized carbons (Fsp3) is 0.444. The van der Waals surface area contributed by atoms with Crippen LogP contribution >= 0.6 is 0 Å². The summed E-state index contributed by atoms with van der Waals surface area (Å²) in [5.74, 6) is -0.459. The third-order valence-corrected chi connectivity index (χ3v) is 3.55. The second-order valence-electron chi connectivity index (χ2n) is 5.82. The van der Waals surface area contributed by atoms with Gasteiger partial charge in [-0.1, -0.05) is 29.9 Å². The van der Waals surface area contributed by atoms with Gasteiger partial charge >= 0.3 is 0 Å². The molecule has 132 valence electrons. The predicted molar refractivity (Wildman–Crippen MR) is 95.0 cm³/mol. The number of rotatable bonds is 10. The first-order valence-electron chi connectivity index (χ1n) is 8.18. The smallest absolute Gasteiger partial charge is 0.236 e. The van der Waals surface area contributed by atoms with Crippen LogP contribution in [0.3, 0.4) is 0 Å². The lowest BCUT2D eigenvalue weighted by Crippen LogP contribution is -2.32. The highest BCUT2D eigenvalue weighted by Crippen LogP contribution is 2.16. The van der Waals surface area contributed by atoms with E-state index in [1.54, 1.807) is 12.2 Å². The van der Waals surface area contributed by atoms with Crippen molar-refractivity contribution in [1.82, 2.24) is 5.32 Å². The number of carbonyl (C=O) groups excluding carboxylic acids is 2. The fourth-order valence-electron chi connectivity index (χ4n) is 2.28. The third kappa shape index (κ3) is 9.63. The van der Waals surface area contributed by atoms with Crippen LogP contribution in [0, 0.1) is 0 Å². The van der Waals surface area contributed by atoms with Crippen molar-refractivity contribution in [3.8, 4) is 0 Å². The van der Waals surface area contributed by atoms with E-state index in [0.717, 1.165) is 25.7 Å². The lowest BCUT2D eigenvalue weighted by Gasteiger charge is -2.11. The SMILES string of the molecule is NC(=O)CNC(=O)CC/C=C/CCC(N)CC1=CC=C(O)C=CC1. The number of aliphatic hydroxyl groups is 1. The number of nitrogens with two attached hydrogens (primary N) is 2. The van der Waals surface area contributed by atoms with Gasteiger partial charge in [-0.15, -0.1) is 0 Å². The maximum Gasteiger partial charge on any atom is 0.236 e. The average molecular weight is 333 g/mol. The van der Waals surface area contributed by atoms with E-state index in [0.29, 0.717) is 12.8 Å². The van der Waals surface area contributed by atoms with Crippen LogP contribution < -0.4 is 16.8 Å². The van der Waals surface area contributed by atoms with E-state index in [4.69, 9.17) is 11.5 Å². The van der Waals surface area contributed by atoms with Crippen LogP contribution in [0.25, 0.3) is 0 Å². The number of allylic oxidation sites excluding steroid dienone is 6. The number of primary amides is 1. The molecule has 1 unspecified atom stereocenters. The monoisotopic (exact) mass is 333 g/mol. The van der Waals surface area contributed by atoms with Gasteiger partial charge in [-0.3, -0.25) is 9.59 Å². The maximum absolute atomic E-state index is 11.4. The average Bonchev–Trinajstić information content (AvgIpc) is 2.73. The molecule has 1 atom stereocenters. The summed E-state index contributed by atoms with van der Waals surface area (Å²) in [6.45, 7) is -0.116. The molecular weight excluding hydrogens is 306 g/mol. The van der Waals surface area contributed by atoms with Crippen molar-refractivity contribution in [1.29, 1.82) is 0 Å². The summed E-state index contributed by atoms with van der Waals surface area (Å²) < 4.78 is 0. The quantitative estimate of drug-likeness (QED) is 0.455. The minimum Gasteiger partial charge on any atom is -0.508 e. The topological polar surface area (TPSA) is 118 Å². The van der Waals surface area contributed by atoms with Crippen LogP contribution in [0.4, 0.5) is 0 Å². The van der Waals surface area contributed by atoms with Crippen molar-refractivity contribution in [2.75, 3.05) is 6.54 Å². The first-order valence-corrected chi connectivity index (χ1v) is 8.18. The highest BCUT2D eigenvalue weighted by molar-refractivity contribution is 5.83. The molecule has 0 aromatic heterocycles. The highest BCUT2D eigenvalue weighted by Gasteiger charge is 2.06. The molecule has 0 spiro atoms. The van der Waals surface area contributed by atoms with E-state index in [1.165, 1.54) is 5.57 Å². The molecule has 6 N–H and O–H groups in total. The van der Waals surface area contributed by atoms with Gasteiger partial charge in [-0.25, -0.2) is 0 Å². The van der Waals surface area contributed by atoms with Gasteiger partial charge in [0.25, 0.3) is 0 Å². The predicted octanol–water partition coefficient (Wildman–Crippen LogP) is 1.75. The molecule has 2 amide bonds. The van der Waals surface area contributed by atoms with Crippen molar-refractivity contribution >= 4 is 11.8 Å². The van der Waals surface area contributed by atoms with Crippen molar-refractivity contribution < 1.29 is 14.7 Å². The summed E-state index contributed by atoms with van der Waals surface area (Å²) in [6, 6.07) is 0.0711. The van der Waals surface area contributed by atoms with Gasteiger partial charge in [0, 0.05) is 12.5 Å². The van der Waals surface area contributed by atoms with Gasteiger partial charge in [-0.2, -0.15) is 0 Å². The third-order valence-electron chi connectivity index (χ3n) is 3.55. The minimum atomic E-state index is -0.544. The molecule has 0 bridgehead atoms. The lowest BCUT2D eigenvalue weighted by molar-refractivity contribution is -0.124. The lowest BCUT2D eigenvalue weighted by atomic mass is 10.00. The van der Waals surface area contributed by atoms with Crippen LogP contribution in [0.15, 0.2) is 47.8 Å². The molecule has 0 aromatic carbocycles. The number of carbonyl (C=O) groups is 2. The zero-order valence-electron chi connectivity index (χ0n) is 13.9. The second-order valence-corrected chi connectivity index (χ2v) is 5.82. The summed E-state index contributed by atoms with van der Waals surface area (Å²) in [6.07, 6.45) is 15.5. The van der Waals surface area contributed by atoms with E-state index < -0.39 is 5.91 Å². The Balaban J connectivity index is 2.14. The van der Waals surface area contributed by atoms with Crippen molar-refractivity contribution in [3.05, 3.63) is 47.8 Å². The van der Waals surface area contributed by atoms with Crippen LogP contribution in [0.2, 0.25) is 0 Å². The van der Waals surface area contributed by atoms with E-state index in [9.17, 15) is 14.7 Å². The molecule has 0 fully saturated rings. The van der Waals surface area contributed by atoms with Crippen molar-refractivity contribution in [3.63, 3.8) is 0 Å². The number of hydrogen-bond acceptors (Lipinski definition) is 4. The number of hydrogen-bond donors (Lipinski definition) is 4. The van der Waals surface area contributed by atoms with Crippen LogP contribution in [0.1, 0.15) is 38.5 Å². The molecule has 0 saturated heterocycles. The molecule has 1 rings (SSSR count). The molecule has 24 heavy (non-hydrogen) atoms. The molecule has 0 radical (unpaired) electrons. The van der Waals surface area contributed by atoms with Gasteiger partial charge in [0.2, 0.25) is 11.8 Å². The molecule has 0 aliphatic heterocycles. The van der Waals surface area contributed by atoms with Gasteiger partial charge < -0.3 is 21.9 Å². The van der Waals surface area contributed by atoms with E-state index in [2.05, 4.69) is 5.32 Å². The summed E-state index contributed by atoms with van der Waals surface area (Å²) in [4.78, 5) is 21.9. The van der Waals surface area contributed by atoms with Gasteiger partial charge in [0.1, 0.15) is 5.76 Å². The summed E-state index contributed by atoms with van der Waals surface area (Å²) in [5, 5.41) is 11.8. The molecule has 0 heterocycles. The minimum absolute atomic E-state index is 0.0711. The van der Waals surface area contributed by atoms with Gasteiger partial charge in [0.15, 0.2) is 0 Å². The van der Waals surface area contributed by atoms with Crippen LogP contribution in [0.5, 0.6) is 0 Å². The van der Waals surface area contributed by atoms with Gasteiger partial charge in [-0.05, 0) is 44.3 Å². The largest absolute Gasteiger partial charge is 0.508 e. The molecule has 0 aromatic rings. The molecular formula is C18H27N3O3. The molecule has 6 heteroatoms. The van der Waals surface area contributed by atoms with Crippen molar-refractivity contribution in [2.45, 2.75) is 44.6 Å². The zero-order valence-corrected chi connectivity index (χ0v) is 13.9. The Labute approximate surface area is 143 Å². The standard InChI is InChI=1S/C18H27N3O3/c19-15(12-14-6-5-8-16(22)11-10-14)7-3-1-2-4-9-18(24)21-13-17(20)23/h1-2,5,8,10-11,15,22H,3-4,6-7,9,12-13,19H2,(H2,20,23)(H,21,24)/b2-1+. The Kier molecular flexibility index (Phi) is 9.23. The maximum atomic E-state index is 11.4. The Morgan fingerprint density at radius 1 is 1.29 bits per heavy atom. The Hall–Kier alpha value is -2.34. The van der Waals surface area contributed by atoms with Crippen LogP contribution in [-0.2, 0) is 9.59 Å². The Bertz CT molecular complexity index is 548. The highest BCUT2D eigenvalue weighted by atomic mass is 16.3. The molecule has 1 aliphatic rings. The van der Waals surface area contributed by atoms with Gasteiger partial charge in [0.05, 0.1) is 6.54 Å². The first-order chi connectivity index (χ1) is 11.5. The Morgan fingerprint density at radius 3 is 2.79 bits per heavy atom. The van der Waals surface area contributed by atoms with E-state index in [1.807, 2.05) is 24.3 Å². The Morgan fingerprint density at radius 2 is 2.04 bits per heavy atom. The first kappa shape index (κ1) is 19.7. The van der Waals surface area contributed by atoms with E-state index >= 15 is 0 Å². The second kappa shape index (κ2) is 11.2. The molecule has 1 aliphatic carbocycles. The summed E-state index contributed by atoms with van der Waals surface area (Å²) >= 11 is 0. The number of nitrogens with one attached hydrogen (secondary N) is 1. The fourth-order valence-corrected chi connectivity index (χ4v) is 2.28. The summed E-state index contributed by atoms with van der Waals surface area (Å²) in [5.41, 5.74) is 12.3. The normalized spacial score (nSPS) is 15.5. The van der Waals surface area contributed by atoms with Crippen molar-refractivity contribution in [2.24, 2.45) is 11.5 Å².